The van der Waals surface area contributed by atoms with Crippen molar-refractivity contribution < 1.29 is 24.1 Å². The molecule has 0 aromatic heterocycles. The molecule has 0 saturated carbocycles. The summed E-state index contributed by atoms with van der Waals surface area (Å²) in [4.78, 5) is 12.1. The predicted octanol–water partition coefficient (Wildman–Crippen LogP) is 5.24. The van der Waals surface area contributed by atoms with Crippen LogP contribution < -0.4 is 19.5 Å². The summed E-state index contributed by atoms with van der Waals surface area (Å²) in [6, 6.07) is 17.9. The van der Waals surface area contributed by atoms with Gasteiger partial charge in [0, 0.05) is 11.8 Å². The molecular formula is C26H25NO5. The minimum absolute atomic E-state index is 0.155. The highest BCUT2D eigenvalue weighted by molar-refractivity contribution is 6.02. The Kier molecular flexibility index (Phi) is 7.54. The average molecular weight is 431 g/mol. The van der Waals surface area contributed by atoms with Crippen molar-refractivity contribution in [3.8, 4) is 23.0 Å². The third kappa shape index (κ3) is 5.92. The Hall–Kier alpha value is -4.19. The Labute approximate surface area is 187 Å². The monoisotopic (exact) mass is 431 g/mol. The number of hydrogen-bond acceptors (Lipinski definition) is 5. The number of carbonyl (C=O) groups excluding carboxylic acids is 1. The van der Waals surface area contributed by atoms with Crippen LogP contribution in [0.1, 0.15) is 16.7 Å². The molecule has 6 heteroatoms. The van der Waals surface area contributed by atoms with Crippen LogP contribution in [0.15, 0.2) is 66.7 Å². The van der Waals surface area contributed by atoms with Gasteiger partial charge in [-0.25, -0.2) is 0 Å². The summed E-state index contributed by atoms with van der Waals surface area (Å²) in [5.74, 6) is 1.62. The van der Waals surface area contributed by atoms with Crippen molar-refractivity contribution in [1.29, 1.82) is 0 Å². The Bertz CT molecular complexity index is 1110. The number of phenols is 1. The molecule has 0 atom stereocenters. The molecule has 0 heterocycles. The first-order valence-electron chi connectivity index (χ1n) is 9.88. The van der Waals surface area contributed by atoms with Gasteiger partial charge in [0.15, 0.2) is 11.5 Å². The summed E-state index contributed by atoms with van der Waals surface area (Å²) in [6.45, 7) is 0. The van der Waals surface area contributed by atoms with E-state index in [4.69, 9.17) is 14.2 Å². The van der Waals surface area contributed by atoms with Crippen molar-refractivity contribution in [2.45, 2.75) is 0 Å². The van der Waals surface area contributed by atoms with Gasteiger partial charge in [-0.3, -0.25) is 4.79 Å². The maximum Gasteiger partial charge on any atom is 0.248 e. The zero-order valence-corrected chi connectivity index (χ0v) is 18.2. The number of amides is 1. The molecule has 3 aromatic carbocycles. The molecule has 0 aliphatic rings. The van der Waals surface area contributed by atoms with Gasteiger partial charge < -0.3 is 24.6 Å². The molecule has 6 nitrogen and oxygen atoms in total. The lowest BCUT2D eigenvalue weighted by molar-refractivity contribution is -0.111. The molecule has 0 aliphatic heterocycles. The maximum absolute atomic E-state index is 12.1. The van der Waals surface area contributed by atoms with Crippen LogP contribution >= 0.6 is 0 Å². The van der Waals surface area contributed by atoms with Gasteiger partial charge in [-0.1, -0.05) is 36.4 Å². The summed E-state index contributed by atoms with van der Waals surface area (Å²) >= 11 is 0. The number of methoxy groups -OCH3 is 3. The first-order valence-corrected chi connectivity index (χ1v) is 9.88. The lowest BCUT2D eigenvalue weighted by Crippen LogP contribution is -2.07. The van der Waals surface area contributed by atoms with Gasteiger partial charge >= 0.3 is 0 Å². The molecule has 0 fully saturated rings. The van der Waals surface area contributed by atoms with Crippen LogP contribution in [0.4, 0.5) is 5.69 Å². The molecule has 2 N–H and O–H groups in total. The van der Waals surface area contributed by atoms with E-state index in [2.05, 4.69) is 5.32 Å². The van der Waals surface area contributed by atoms with Crippen LogP contribution in [0.2, 0.25) is 0 Å². The Morgan fingerprint density at radius 1 is 0.781 bits per heavy atom. The van der Waals surface area contributed by atoms with Crippen molar-refractivity contribution in [1.82, 2.24) is 0 Å². The fraction of sp³-hybridized carbons (Fsp3) is 0.115. The minimum Gasteiger partial charge on any atom is -0.508 e. The summed E-state index contributed by atoms with van der Waals surface area (Å²) in [5, 5.41) is 12.3. The smallest absolute Gasteiger partial charge is 0.248 e. The van der Waals surface area contributed by atoms with Crippen molar-refractivity contribution in [2.24, 2.45) is 0 Å². The Morgan fingerprint density at radius 2 is 1.44 bits per heavy atom. The van der Waals surface area contributed by atoms with E-state index in [-0.39, 0.29) is 11.7 Å². The van der Waals surface area contributed by atoms with Gasteiger partial charge in [-0.15, -0.1) is 0 Å². The third-order valence-corrected chi connectivity index (χ3v) is 4.63. The van der Waals surface area contributed by atoms with Crippen LogP contribution in [0.3, 0.4) is 0 Å². The normalized spacial score (nSPS) is 11.0. The van der Waals surface area contributed by atoms with Gasteiger partial charge in [0.25, 0.3) is 0 Å². The molecule has 0 bridgehead atoms. The van der Waals surface area contributed by atoms with E-state index in [0.29, 0.717) is 22.9 Å². The molecular weight excluding hydrogens is 406 g/mol. The van der Waals surface area contributed by atoms with Gasteiger partial charge in [0.2, 0.25) is 11.7 Å². The van der Waals surface area contributed by atoms with Crippen LogP contribution in [-0.4, -0.2) is 32.3 Å². The molecule has 164 valence electrons. The van der Waals surface area contributed by atoms with Crippen molar-refractivity contribution in [3.63, 3.8) is 0 Å². The molecule has 1 amide bonds. The van der Waals surface area contributed by atoms with Crippen molar-refractivity contribution in [2.75, 3.05) is 26.6 Å². The largest absolute Gasteiger partial charge is 0.508 e. The standard InChI is InChI=1S/C26H25NO5/c1-30-23-16-20(17-24(31-2)26(23)32-3)8-7-18-9-12-21(13-10-18)27-25(29)14-11-19-5-4-6-22(28)15-19/h4-17,28H,1-3H3,(H,27,29)/b8-7+,14-11+. The number of hydrogen-bond donors (Lipinski definition) is 2. The molecule has 3 aromatic rings. The maximum atomic E-state index is 12.1. The Balaban J connectivity index is 1.65. The summed E-state index contributed by atoms with van der Waals surface area (Å²) in [7, 11) is 4.73. The van der Waals surface area contributed by atoms with E-state index in [9.17, 15) is 9.90 Å². The SMILES string of the molecule is COc1cc(/C=C/c2ccc(NC(=O)/C=C/c3cccc(O)c3)cc2)cc(OC)c1OC. The van der Waals surface area contributed by atoms with E-state index in [1.807, 2.05) is 48.6 Å². The fourth-order valence-electron chi connectivity index (χ4n) is 3.05. The zero-order chi connectivity index (χ0) is 22.9. The second-order valence-corrected chi connectivity index (χ2v) is 6.83. The summed E-state index contributed by atoms with van der Waals surface area (Å²) < 4.78 is 16.1. The van der Waals surface area contributed by atoms with E-state index in [1.165, 1.54) is 6.08 Å². The van der Waals surface area contributed by atoms with Crippen LogP contribution in [0.5, 0.6) is 23.0 Å². The summed E-state index contributed by atoms with van der Waals surface area (Å²) in [5.41, 5.74) is 3.29. The molecule has 0 aliphatic carbocycles. The quantitative estimate of drug-likeness (QED) is 0.377. The van der Waals surface area contributed by atoms with Crippen LogP contribution in [0, 0.1) is 0 Å². The molecule has 0 unspecified atom stereocenters. The van der Waals surface area contributed by atoms with Gasteiger partial charge in [0.1, 0.15) is 5.75 Å². The highest BCUT2D eigenvalue weighted by Crippen LogP contribution is 2.38. The number of anilines is 1. The zero-order valence-electron chi connectivity index (χ0n) is 18.2. The number of carbonyl (C=O) groups is 1. The molecule has 0 radical (unpaired) electrons. The average Bonchev–Trinajstić information content (AvgIpc) is 2.81. The summed E-state index contributed by atoms with van der Waals surface area (Å²) in [6.07, 6.45) is 6.96. The van der Waals surface area contributed by atoms with Crippen LogP contribution in [0.25, 0.3) is 18.2 Å². The number of aromatic hydroxyl groups is 1. The third-order valence-electron chi connectivity index (χ3n) is 4.63. The van der Waals surface area contributed by atoms with Gasteiger partial charge in [0.05, 0.1) is 21.3 Å². The molecule has 0 spiro atoms. The fourth-order valence-corrected chi connectivity index (χ4v) is 3.05. The van der Waals surface area contributed by atoms with Crippen LogP contribution in [-0.2, 0) is 4.79 Å². The lowest BCUT2D eigenvalue weighted by atomic mass is 10.1. The molecule has 0 saturated heterocycles. The van der Waals surface area contributed by atoms with E-state index < -0.39 is 0 Å². The van der Waals surface area contributed by atoms with E-state index in [0.717, 1.165) is 16.7 Å². The first-order chi connectivity index (χ1) is 15.5. The topological polar surface area (TPSA) is 77.0 Å². The highest BCUT2D eigenvalue weighted by Gasteiger charge is 2.11. The Morgan fingerprint density at radius 3 is 2.03 bits per heavy atom. The second kappa shape index (κ2) is 10.7. The first kappa shape index (κ1) is 22.5. The van der Waals surface area contributed by atoms with Crippen molar-refractivity contribution >= 4 is 29.8 Å². The second-order valence-electron chi connectivity index (χ2n) is 6.83. The predicted molar refractivity (Wildman–Crippen MR) is 127 cm³/mol. The number of benzene rings is 3. The van der Waals surface area contributed by atoms with Gasteiger partial charge in [-0.05, 0) is 59.2 Å². The van der Waals surface area contributed by atoms with E-state index in [1.54, 1.807) is 51.7 Å². The lowest BCUT2D eigenvalue weighted by Gasteiger charge is -2.12. The molecule has 32 heavy (non-hydrogen) atoms. The molecule has 3 rings (SSSR count). The van der Waals surface area contributed by atoms with Crippen molar-refractivity contribution in [3.05, 3.63) is 83.4 Å². The number of phenolic OH excluding ortho intramolecular Hbond substituents is 1. The number of nitrogens with one attached hydrogen (secondary N) is 1. The number of rotatable bonds is 8. The highest BCUT2D eigenvalue weighted by atomic mass is 16.5. The number of ether oxygens (including phenoxy) is 3. The minimum atomic E-state index is -0.256. The van der Waals surface area contributed by atoms with E-state index >= 15 is 0 Å². The van der Waals surface area contributed by atoms with Gasteiger partial charge in [-0.2, -0.15) is 0 Å².